The molecule has 0 fully saturated rings. The molecule has 3 aromatic carbocycles. The van der Waals surface area contributed by atoms with E-state index in [0.717, 1.165) is 33.3 Å². The van der Waals surface area contributed by atoms with E-state index in [4.69, 9.17) is 11.6 Å². The number of amides is 1. The van der Waals surface area contributed by atoms with Crippen LogP contribution in [-0.2, 0) is 6.54 Å². The predicted molar refractivity (Wildman–Crippen MR) is 121 cm³/mol. The number of carbonyl (C=O) groups excluding carboxylic acids is 1. The molecule has 5 heteroatoms. The van der Waals surface area contributed by atoms with Gasteiger partial charge in [-0.25, -0.2) is 4.39 Å². The Balaban J connectivity index is 1.66. The number of nitrogens with one attached hydrogen (secondary N) is 1. The number of hydrogen-bond acceptors (Lipinski definition) is 1. The molecule has 0 saturated carbocycles. The van der Waals surface area contributed by atoms with E-state index in [9.17, 15) is 9.18 Å². The number of fused-ring (bicyclic) bond motifs is 1. The van der Waals surface area contributed by atoms with Gasteiger partial charge in [0.15, 0.2) is 0 Å². The van der Waals surface area contributed by atoms with E-state index in [-0.39, 0.29) is 11.7 Å². The summed E-state index contributed by atoms with van der Waals surface area (Å²) < 4.78 is 15.4. The van der Waals surface area contributed by atoms with Gasteiger partial charge in [-0.2, -0.15) is 0 Å². The predicted octanol–water partition coefficient (Wildman–Crippen LogP) is 6.66. The van der Waals surface area contributed by atoms with Crippen LogP contribution < -0.4 is 5.32 Å². The maximum atomic E-state index is 13.2. The van der Waals surface area contributed by atoms with Crippen LogP contribution in [-0.4, -0.2) is 10.5 Å². The minimum atomic E-state index is -0.242. The minimum absolute atomic E-state index is 0.203. The average molecular weight is 421 g/mol. The fourth-order valence-electron chi connectivity index (χ4n) is 3.68. The lowest BCUT2D eigenvalue weighted by Gasteiger charge is -2.10. The molecular weight excluding hydrogens is 399 g/mol. The quantitative estimate of drug-likeness (QED) is 0.393. The zero-order chi connectivity index (χ0) is 21.4. The Hall–Kier alpha value is -3.11. The van der Waals surface area contributed by atoms with E-state index in [1.165, 1.54) is 12.1 Å². The second kappa shape index (κ2) is 7.96. The zero-order valence-corrected chi connectivity index (χ0v) is 17.8. The van der Waals surface area contributed by atoms with Crippen LogP contribution in [0.3, 0.4) is 0 Å². The first-order chi connectivity index (χ1) is 14.3. The lowest BCUT2D eigenvalue weighted by Crippen LogP contribution is -2.12. The highest BCUT2D eigenvalue weighted by molar-refractivity contribution is 6.34. The van der Waals surface area contributed by atoms with Crippen LogP contribution in [0.5, 0.6) is 0 Å². The summed E-state index contributed by atoms with van der Waals surface area (Å²) in [5.74, 6) is -0.445. The van der Waals surface area contributed by atoms with Gasteiger partial charge >= 0.3 is 0 Å². The standard InChI is InChI=1S/C25H22ClFN2O/c1-15-4-10-23(22(26)12-15)28-25(30)19-7-11-24-21(13-19)16(2)17(3)29(24)14-18-5-8-20(27)9-6-18/h4-13H,14H2,1-3H3,(H,28,30). The van der Waals surface area contributed by atoms with Crippen LogP contribution in [0.15, 0.2) is 60.7 Å². The molecule has 0 bridgehead atoms. The third-order valence-electron chi connectivity index (χ3n) is 5.53. The SMILES string of the molecule is Cc1ccc(NC(=O)c2ccc3c(c2)c(C)c(C)n3Cc2ccc(F)cc2)c(Cl)c1. The highest BCUT2D eigenvalue weighted by Gasteiger charge is 2.15. The topological polar surface area (TPSA) is 34.0 Å². The summed E-state index contributed by atoms with van der Waals surface area (Å²) in [5.41, 5.74) is 6.50. The van der Waals surface area contributed by atoms with Gasteiger partial charge in [0.2, 0.25) is 0 Å². The largest absolute Gasteiger partial charge is 0.340 e. The van der Waals surface area contributed by atoms with E-state index < -0.39 is 0 Å². The Bertz CT molecular complexity index is 1260. The molecule has 0 spiro atoms. The highest BCUT2D eigenvalue weighted by atomic mass is 35.5. The molecule has 30 heavy (non-hydrogen) atoms. The Morgan fingerprint density at radius 1 is 1.00 bits per heavy atom. The van der Waals surface area contributed by atoms with Crippen LogP contribution >= 0.6 is 11.6 Å². The normalized spacial score (nSPS) is 11.1. The molecule has 0 aliphatic heterocycles. The number of anilines is 1. The molecule has 0 saturated heterocycles. The van der Waals surface area contributed by atoms with E-state index >= 15 is 0 Å². The second-order valence-corrected chi connectivity index (χ2v) is 8.00. The Kier molecular flexibility index (Phi) is 5.35. The maximum absolute atomic E-state index is 13.2. The third-order valence-corrected chi connectivity index (χ3v) is 5.84. The highest BCUT2D eigenvalue weighted by Crippen LogP contribution is 2.28. The molecule has 152 valence electrons. The maximum Gasteiger partial charge on any atom is 0.255 e. The number of aromatic nitrogens is 1. The summed E-state index contributed by atoms with van der Waals surface area (Å²) in [6.45, 7) is 6.70. The number of nitrogens with zero attached hydrogens (tertiary/aromatic N) is 1. The van der Waals surface area contributed by atoms with Crippen LogP contribution in [0.2, 0.25) is 5.02 Å². The molecule has 0 aliphatic carbocycles. The van der Waals surface area contributed by atoms with Crippen molar-refractivity contribution < 1.29 is 9.18 Å². The zero-order valence-electron chi connectivity index (χ0n) is 17.1. The lowest BCUT2D eigenvalue weighted by molar-refractivity contribution is 0.102. The summed E-state index contributed by atoms with van der Waals surface area (Å²) in [4.78, 5) is 12.8. The van der Waals surface area contributed by atoms with Gasteiger partial charge in [0, 0.05) is 28.7 Å². The van der Waals surface area contributed by atoms with E-state index in [0.29, 0.717) is 22.8 Å². The molecule has 1 aromatic heterocycles. The molecular formula is C25H22ClFN2O. The molecule has 0 aliphatic rings. The molecule has 0 atom stereocenters. The number of halogens is 2. The fourth-order valence-corrected chi connectivity index (χ4v) is 3.97. The third kappa shape index (κ3) is 3.83. The first kappa shape index (κ1) is 20.2. The van der Waals surface area contributed by atoms with Gasteiger partial charge in [-0.15, -0.1) is 0 Å². The molecule has 1 heterocycles. The van der Waals surface area contributed by atoms with Gasteiger partial charge in [-0.1, -0.05) is 29.8 Å². The summed E-state index contributed by atoms with van der Waals surface area (Å²) >= 11 is 6.25. The molecule has 3 nitrogen and oxygen atoms in total. The first-order valence-electron chi connectivity index (χ1n) is 9.75. The minimum Gasteiger partial charge on any atom is -0.340 e. The number of rotatable bonds is 4. The smallest absolute Gasteiger partial charge is 0.255 e. The Morgan fingerprint density at radius 3 is 2.43 bits per heavy atom. The van der Waals surface area contributed by atoms with Crippen molar-refractivity contribution in [1.29, 1.82) is 0 Å². The number of aryl methyl sites for hydroxylation is 2. The van der Waals surface area contributed by atoms with E-state index in [1.54, 1.807) is 12.1 Å². The number of hydrogen-bond donors (Lipinski definition) is 1. The van der Waals surface area contributed by atoms with Gasteiger partial charge < -0.3 is 9.88 Å². The summed E-state index contributed by atoms with van der Waals surface area (Å²) in [6, 6.07) is 17.8. The Morgan fingerprint density at radius 2 is 1.73 bits per heavy atom. The average Bonchev–Trinajstić information content (AvgIpc) is 2.96. The monoisotopic (exact) mass is 420 g/mol. The van der Waals surface area contributed by atoms with Crippen molar-refractivity contribution in [3.63, 3.8) is 0 Å². The summed E-state index contributed by atoms with van der Waals surface area (Å²) in [5, 5.41) is 4.43. The van der Waals surface area contributed by atoms with E-state index in [2.05, 4.69) is 23.7 Å². The first-order valence-corrected chi connectivity index (χ1v) is 10.1. The van der Waals surface area contributed by atoms with Gasteiger partial charge in [0.1, 0.15) is 5.82 Å². The molecule has 4 rings (SSSR count). The molecule has 1 N–H and O–H groups in total. The van der Waals surface area contributed by atoms with Crippen molar-refractivity contribution in [2.75, 3.05) is 5.32 Å². The van der Waals surface area contributed by atoms with Crippen molar-refractivity contribution in [3.8, 4) is 0 Å². The Labute approximate surface area is 180 Å². The van der Waals surface area contributed by atoms with Crippen molar-refractivity contribution in [1.82, 2.24) is 4.57 Å². The molecule has 4 aromatic rings. The number of carbonyl (C=O) groups is 1. The number of benzene rings is 3. The van der Waals surface area contributed by atoms with Crippen molar-refractivity contribution in [3.05, 3.63) is 99.5 Å². The summed E-state index contributed by atoms with van der Waals surface area (Å²) in [6.07, 6.45) is 0. The van der Waals surface area contributed by atoms with Crippen molar-refractivity contribution in [2.24, 2.45) is 0 Å². The van der Waals surface area contributed by atoms with Crippen LogP contribution in [0.4, 0.5) is 10.1 Å². The molecule has 0 radical (unpaired) electrons. The van der Waals surface area contributed by atoms with Crippen LogP contribution in [0.25, 0.3) is 10.9 Å². The van der Waals surface area contributed by atoms with Crippen molar-refractivity contribution >= 4 is 34.1 Å². The second-order valence-electron chi connectivity index (χ2n) is 7.59. The van der Waals surface area contributed by atoms with Gasteiger partial charge in [-0.05, 0) is 79.9 Å². The summed E-state index contributed by atoms with van der Waals surface area (Å²) in [7, 11) is 0. The van der Waals surface area contributed by atoms with Gasteiger partial charge in [-0.3, -0.25) is 4.79 Å². The van der Waals surface area contributed by atoms with Crippen LogP contribution in [0, 0.1) is 26.6 Å². The molecule has 1 amide bonds. The fraction of sp³-hybridized carbons (Fsp3) is 0.160. The lowest BCUT2D eigenvalue weighted by atomic mass is 10.1. The van der Waals surface area contributed by atoms with E-state index in [1.807, 2.05) is 43.3 Å². The van der Waals surface area contributed by atoms with Gasteiger partial charge in [0.25, 0.3) is 5.91 Å². The van der Waals surface area contributed by atoms with Gasteiger partial charge in [0.05, 0.1) is 10.7 Å². The van der Waals surface area contributed by atoms with Crippen LogP contribution in [0.1, 0.15) is 32.7 Å². The molecule has 0 unspecified atom stereocenters. The van der Waals surface area contributed by atoms with Crippen molar-refractivity contribution in [2.45, 2.75) is 27.3 Å².